The Kier molecular flexibility index (Phi) is 4.76. The number of H-pyrrole nitrogens is 3. The van der Waals surface area contributed by atoms with Gasteiger partial charge in [0, 0.05) is 41.8 Å². The lowest BCUT2D eigenvalue weighted by molar-refractivity contribution is 0.0696. The summed E-state index contributed by atoms with van der Waals surface area (Å²) in [5.74, 6) is -1.61. The van der Waals surface area contributed by atoms with Gasteiger partial charge in [-0.05, 0) is 12.1 Å². The molecule has 0 unspecified atom stereocenters. The number of carbonyl (C=O) groups is 1. The molecule has 0 fully saturated rings. The van der Waals surface area contributed by atoms with E-state index in [1.807, 2.05) is 0 Å². The number of pyridine rings is 3. The van der Waals surface area contributed by atoms with Gasteiger partial charge < -0.3 is 24.7 Å². The van der Waals surface area contributed by atoms with Crippen LogP contribution in [0.4, 0.5) is 0 Å². The SMILES string of the molecule is O=C(O)c1cc(Oc2cc(=O)cc(Oc3ccc4c(O)cc(=O)[nH]c4c3)[nH]2)[nH]c(=O)c1. The summed E-state index contributed by atoms with van der Waals surface area (Å²) in [6.45, 7) is 0. The topological polar surface area (TPSA) is 175 Å². The van der Waals surface area contributed by atoms with E-state index in [9.17, 15) is 24.3 Å². The van der Waals surface area contributed by atoms with Crippen LogP contribution in [0.5, 0.6) is 29.1 Å². The first kappa shape index (κ1) is 19.5. The van der Waals surface area contributed by atoms with E-state index in [0.717, 1.165) is 30.3 Å². The zero-order valence-corrected chi connectivity index (χ0v) is 15.5. The fraction of sp³-hybridized carbons (Fsp3) is 0. The van der Waals surface area contributed by atoms with Gasteiger partial charge in [0.05, 0.1) is 11.1 Å². The second-order valence-electron chi connectivity index (χ2n) is 6.38. The predicted molar refractivity (Wildman–Crippen MR) is 107 cm³/mol. The van der Waals surface area contributed by atoms with E-state index in [1.54, 1.807) is 0 Å². The third-order valence-corrected chi connectivity index (χ3v) is 4.10. The molecule has 4 rings (SSSR count). The molecule has 0 aliphatic heterocycles. The fourth-order valence-electron chi connectivity index (χ4n) is 2.83. The van der Waals surface area contributed by atoms with E-state index in [1.165, 1.54) is 18.2 Å². The molecule has 0 spiro atoms. The highest BCUT2D eigenvalue weighted by Gasteiger charge is 2.10. The number of carboxylic acids is 1. The Morgan fingerprint density at radius 3 is 2.19 bits per heavy atom. The lowest BCUT2D eigenvalue weighted by atomic mass is 10.2. The van der Waals surface area contributed by atoms with Crippen LogP contribution in [0, 0.1) is 0 Å². The zero-order valence-electron chi connectivity index (χ0n) is 15.5. The standard InChI is InChI=1S/C20H13N3O8/c24-10-5-18(30-11-1-2-12-13(7-11)21-16(27)8-14(12)25)23-19(6-10)31-17-4-9(20(28)29)3-15(26)22-17/h1-8H,(H,22,26)(H,23,24)(H,28,29)(H2,21,25,27). The molecule has 3 heterocycles. The number of carboxylic acid groups (broad SMARTS) is 1. The lowest BCUT2D eigenvalue weighted by Crippen LogP contribution is -2.11. The van der Waals surface area contributed by atoms with Crippen LogP contribution in [0.1, 0.15) is 10.4 Å². The van der Waals surface area contributed by atoms with Crippen molar-refractivity contribution in [2.24, 2.45) is 0 Å². The highest BCUT2D eigenvalue weighted by molar-refractivity contribution is 5.87. The minimum atomic E-state index is -1.32. The van der Waals surface area contributed by atoms with Crippen molar-refractivity contribution in [2.45, 2.75) is 0 Å². The molecule has 0 radical (unpaired) electrons. The highest BCUT2D eigenvalue weighted by atomic mass is 16.5. The molecule has 5 N–H and O–H groups in total. The average Bonchev–Trinajstić information content (AvgIpc) is 2.66. The minimum absolute atomic E-state index is 0.0268. The highest BCUT2D eigenvalue weighted by Crippen LogP contribution is 2.28. The summed E-state index contributed by atoms with van der Waals surface area (Å²) < 4.78 is 11.0. The number of hydrogen-bond acceptors (Lipinski definition) is 7. The maximum absolute atomic E-state index is 12.0. The van der Waals surface area contributed by atoms with E-state index in [4.69, 9.17) is 14.6 Å². The lowest BCUT2D eigenvalue weighted by Gasteiger charge is -2.10. The summed E-state index contributed by atoms with van der Waals surface area (Å²) in [4.78, 5) is 53.8. The molecule has 0 saturated carbocycles. The molecule has 11 nitrogen and oxygen atoms in total. The van der Waals surface area contributed by atoms with Crippen molar-refractivity contribution in [3.63, 3.8) is 0 Å². The summed E-state index contributed by atoms with van der Waals surface area (Å²) >= 11 is 0. The smallest absolute Gasteiger partial charge is 0.336 e. The Morgan fingerprint density at radius 1 is 0.774 bits per heavy atom. The van der Waals surface area contributed by atoms with Gasteiger partial charge in [-0.1, -0.05) is 0 Å². The first-order valence-electron chi connectivity index (χ1n) is 8.70. The fourth-order valence-corrected chi connectivity index (χ4v) is 2.83. The number of fused-ring (bicyclic) bond motifs is 1. The Hall–Kier alpha value is -4.80. The van der Waals surface area contributed by atoms with Gasteiger partial charge in [0.25, 0.3) is 11.1 Å². The van der Waals surface area contributed by atoms with Crippen molar-refractivity contribution in [1.82, 2.24) is 15.0 Å². The molecular weight excluding hydrogens is 410 g/mol. The van der Waals surface area contributed by atoms with E-state index in [-0.39, 0.29) is 34.7 Å². The molecule has 0 amide bonds. The van der Waals surface area contributed by atoms with Gasteiger partial charge in [0.2, 0.25) is 17.6 Å². The van der Waals surface area contributed by atoms with Crippen LogP contribution in [0.2, 0.25) is 0 Å². The third kappa shape index (κ3) is 4.29. The van der Waals surface area contributed by atoms with Gasteiger partial charge in [-0.15, -0.1) is 0 Å². The van der Waals surface area contributed by atoms with Crippen molar-refractivity contribution in [3.05, 3.63) is 85.0 Å². The quantitative estimate of drug-likeness (QED) is 0.323. The number of aromatic carboxylic acids is 1. The number of ether oxygens (including phenoxy) is 2. The van der Waals surface area contributed by atoms with E-state index in [0.29, 0.717) is 10.9 Å². The van der Waals surface area contributed by atoms with Gasteiger partial charge in [0.15, 0.2) is 5.43 Å². The Labute approximate surface area is 171 Å². The van der Waals surface area contributed by atoms with Crippen LogP contribution in [0.25, 0.3) is 10.9 Å². The van der Waals surface area contributed by atoms with E-state index >= 15 is 0 Å². The molecular formula is C20H13N3O8. The molecule has 3 aromatic heterocycles. The molecule has 0 aliphatic rings. The molecule has 0 aliphatic carbocycles. The number of benzene rings is 1. The normalized spacial score (nSPS) is 10.7. The van der Waals surface area contributed by atoms with Crippen LogP contribution in [0.15, 0.2) is 62.9 Å². The van der Waals surface area contributed by atoms with Gasteiger partial charge in [0.1, 0.15) is 11.5 Å². The van der Waals surface area contributed by atoms with Crippen molar-refractivity contribution >= 4 is 16.9 Å². The van der Waals surface area contributed by atoms with Gasteiger partial charge in [-0.25, -0.2) is 4.79 Å². The Balaban J connectivity index is 1.65. The first-order chi connectivity index (χ1) is 14.8. The molecule has 1 aromatic carbocycles. The number of nitrogens with one attached hydrogen (secondary N) is 3. The second kappa shape index (κ2) is 7.55. The van der Waals surface area contributed by atoms with Crippen molar-refractivity contribution in [1.29, 1.82) is 0 Å². The first-order valence-corrected chi connectivity index (χ1v) is 8.70. The summed E-state index contributed by atoms with van der Waals surface area (Å²) in [5.41, 5.74) is -1.66. The van der Waals surface area contributed by atoms with Gasteiger partial charge in [-0.3, -0.25) is 24.4 Å². The van der Waals surface area contributed by atoms with Crippen molar-refractivity contribution in [2.75, 3.05) is 0 Å². The zero-order chi connectivity index (χ0) is 22.1. The average molecular weight is 423 g/mol. The van der Waals surface area contributed by atoms with Crippen LogP contribution in [0.3, 0.4) is 0 Å². The van der Waals surface area contributed by atoms with Crippen LogP contribution >= 0.6 is 0 Å². The van der Waals surface area contributed by atoms with Crippen LogP contribution in [-0.2, 0) is 0 Å². The predicted octanol–water partition coefficient (Wildman–Crippen LogP) is 1.89. The summed E-state index contributed by atoms with van der Waals surface area (Å²) in [6.07, 6.45) is 0. The van der Waals surface area contributed by atoms with Gasteiger partial charge >= 0.3 is 5.97 Å². The number of hydrogen-bond donors (Lipinski definition) is 5. The molecule has 31 heavy (non-hydrogen) atoms. The van der Waals surface area contributed by atoms with Crippen LogP contribution < -0.4 is 26.0 Å². The maximum Gasteiger partial charge on any atom is 0.336 e. The Morgan fingerprint density at radius 2 is 1.45 bits per heavy atom. The number of aromatic nitrogens is 3. The molecule has 0 bridgehead atoms. The van der Waals surface area contributed by atoms with Crippen molar-refractivity contribution < 1.29 is 24.5 Å². The Bertz CT molecular complexity index is 1500. The molecule has 0 saturated heterocycles. The van der Waals surface area contributed by atoms with E-state index < -0.39 is 22.5 Å². The summed E-state index contributed by atoms with van der Waals surface area (Å²) in [6, 6.07) is 9.73. The number of aromatic amines is 3. The van der Waals surface area contributed by atoms with E-state index in [2.05, 4.69) is 15.0 Å². The number of rotatable bonds is 5. The number of aromatic hydroxyl groups is 1. The maximum atomic E-state index is 12.0. The second-order valence-corrected chi connectivity index (χ2v) is 6.38. The minimum Gasteiger partial charge on any atom is -0.507 e. The summed E-state index contributed by atoms with van der Waals surface area (Å²) in [5, 5.41) is 19.3. The molecule has 11 heteroatoms. The largest absolute Gasteiger partial charge is 0.507 e. The van der Waals surface area contributed by atoms with Crippen LogP contribution in [-0.4, -0.2) is 31.1 Å². The molecule has 4 aromatic rings. The molecule has 0 atom stereocenters. The third-order valence-electron chi connectivity index (χ3n) is 4.10. The van der Waals surface area contributed by atoms with Gasteiger partial charge in [-0.2, -0.15) is 0 Å². The van der Waals surface area contributed by atoms with Crippen molar-refractivity contribution in [3.8, 4) is 29.1 Å². The monoisotopic (exact) mass is 423 g/mol. The molecule has 156 valence electrons. The summed E-state index contributed by atoms with van der Waals surface area (Å²) in [7, 11) is 0.